The van der Waals surface area contributed by atoms with Crippen LogP contribution in [0.4, 0.5) is 0 Å². The van der Waals surface area contributed by atoms with Gasteiger partial charge in [0, 0.05) is 15.4 Å². The molecule has 4 aliphatic carbocycles. The predicted molar refractivity (Wildman–Crippen MR) is 88.9 cm³/mol. The number of rotatable bonds is 4. The van der Waals surface area contributed by atoms with Gasteiger partial charge in [-0.3, -0.25) is 0 Å². The van der Waals surface area contributed by atoms with Crippen LogP contribution in [-0.2, 0) is 6.42 Å². The second kappa shape index (κ2) is 5.10. The first-order valence-electron chi connectivity index (χ1n) is 8.09. The standard InChI is InChI=1S/C17H24BrNS/c18-15-1-2-20-16(15)6-14(19)10-17-7-11-3-12(8-17)5-13(4-11)9-17/h1-2,11-14H,3-10,19H2. The van der Waals surface area contributed by atoms with Crippen molar-refractivity contribution in [3.63, 3.8) is 0 Å². The summed E-state index contributed by atoms with van der Waals surface area (Å²) in [5.74, 6) is 3.13. The van der Waals surface area contributed by atoms with Crippen molar-refractivity contribution >= 4 is 27.3 Å². The molecule has 0 aromatic carbocycles. The second-order valence-electron chi connectivity index (χ2n) is 7.78. The van der Waals surface area contributed by atoms with Crippen LogP contribution in [0.25, 0.3) is 0 Å². The van der Waals surface area contributed by atoms with E-state index in [0.717, 1.165) is 24.2 Å². The zero-order chi connectivity index (χ0) is 13.7. The van der Waals surface area contributed by atoms with E-state index in [9.17, 15) is 0 Å². The van der Waals surface area contributed by atoms with E-state index >= 15 is 0 Å². The van der Waals surface area contributed by atoms with Gasteiger partial charge in [-0.15, -0.1) is 11.3 Å². The maximum absolute atomic E-state index is 6.54. The van der Waals surface area contributed by atoms with Crippen LogP contribution in [0.3, 0.4) is 0 Å². The van der Waals surface area contributed by atoms with Gasteiger partial charge >= 0.3 is 0 Å². The summed E-state index contributed by atoms with van der Waals surface area (Å²) < 4.78 is 1.25. The van der Waals surface area contributed by atoms with Crippen molar-refractivity contribution in [2.45, 2.75) is 57.4 Å². The Kier molecular flexibility index (Phi) is 3.51. The van der Waals surface area contributed by atoms with Crippen LogP contribution < -0.4 is 5.73 Å². The van der Waals surface area contributed by atoms with Gasteiger partial charge in [-0.1, -0.05) is 0 Å². The van der Waals surface area contributed by atoms with Crippen molar-refractivity contribution in [1.29, 1.82) is 0 Å². The first-order valence-corrected chi connectivity index (χ1v) is 9.77. The molecule has 20 heavy (non-hydrogen) atoms. The lowest BCUT2D eigenvalue weighted by molar-refractivity contribution is -0.0602. The Morgan fingerprint density at radius 3 is 2.30 bits per heavy atom. The summed E-state index contributed by atoms with van der Waals surface area (Å²) in [6.07, 6.45) is 11.4. The summed E-state index contributed by atoms with van der Waals surface area (Å²) in [5.41, 5.74) is 7.16. The molecule has 0 amide bonds. The molecule has 3 heteroatoms. The highest BCUT2D eigenvalue weighted by Gasteiger charge is 2.50. The van der Waals surface area contributed by atoms with Crippen molar-refractivity contribution in [1.82, 2.24) is 0 Å². The molecule has 0 aliphatic heterocycles. The smallest absolute Gasteiger partial charge is 0.0314 e. The lowest BCUT2D eigenvalue weighted by atomic mass is 9.48. The van der Waals surface area contributed by atoms with E-state index in [1.807, 2.05) is 11.3 Å². The Bertz CT molecular complexity index is 460. The van der Waals surface area contributed by atoms with Crippen molar-refractivity contribution in [3.8, 4) is 0 Å². The van der Waals surface area contributed by atoms with Gasteiger partial charge in [-0.05, 0) is 102 Å². The van der Waals surface area contributed by atoms with Crippen LogP contribution >= 0.6 is 27.3 Å². The van der Waals surface area contributed by atoms with E-state index in [0.29, 0.717) is 11.5 Å². The molecule has 1 aromatic heterocycles. The van der Waals surface area contributed by atoms with Gasteiger partial charge in [-0.2, -0.15) is 0 Å². The molecule has 1 aromatic rings. The van der Waals surface area contributed by atoms with Gasteiger partial charge < -0.3 is 5.73 Å². The van der Waals surface area contributed by atoms with Crippen molar-refractivity contribution < 1.29 is 0 Å². The van der Waals surface area contributed by atoms with Crippen LogP contribution in [-0.4, -0.2) is 6.04 Å². The molecule has 0 spiro atoms. The lowest BCUT2D eigenvalue weighted by Crippen LogP contribution is -2.48. The third-order valence-electron chi connectivity index (χ3n) is 6.00. The maximum atomic E-state index is 6.54. The molecule has 2 N–H and O–H groups in total. The van der Waals surface area contributed by atoms with Gasteiger partial charge in [-0.25, -0.2) is 0 Å². The fourth-order valence-electron chi connectivity index (χ4n) is 5.88. The maximum Gasteiger partial charge on any atom is 0.0314 e. The summed E-state index contributed by atoms with van der Waals surface area (Å²) in [7, 11) is 0. The lowest BCUT2D eigenvalue weighted by Gasteiger charge is -2.57. The van der Waals surface area contributed by atoms with Gasteiger partial charge in [0.1, 0.15) is 0 Å². The number of thiophene rings is 1. The van der Waals surface area contributed by atoms with Crippen molar-refractivity contribution in [2.75, 3.05) is 0 Å². The Labute approximate surface area is 134 Å². The van der Waals surface area contributed by atoms with Crippen LogP contribution in [0.5, 0.6) is 0 Å². The fraction of sp³-hybridized carbons (Fsp3) is 0.765. The van der Waals surface area contributed by atoms with E-state index < -0.39 is 0 Å². The average molecular weight is 354 g/mol. The monoisotopic (exact) mass is 353 g/mol. The molecule has 0 saturated heterocycles. The summed E-state index contributed by atoms with van der Waals surface area (Å²) in [6.45, 7) is 0. The van der Waals surface area contributed by atoms with Crippen LogP contribution in [0, 0.1) is 23.2 Å². The van der Waals surface area contributed by atoms with Gasteiger partial charge in [0.15, 0.2) is 0 Å². The Morgan fingerprint density at radius 2 is 1.80 bits per heavy atom. The highest BCUT2D eigenvalue weighted by atomic mass is 79.9. The Balaban J connectivity index is 1.44. The second-order valence-corrected chi connectivity index (χ2v) is 9.63. The van der Waals surface area contributed by atoms with Gasteiger partial charge in [0.2, 0.25) is 0 Å². The molecule has 1 atom stereocenters. The molecule has 1 unspecified atom stereocenters. The normalized spacial score (nSPS) is 40.2. The third kappa shape index (κ3) is 2.50. The summed E-state index contributed by atoms with van der Waals surface area (Å²) >= 11 is 5.49. The molecular weight excluding hydrogens is 330 g/mol. The molecule has 4 aliphatic rings. The molecular formula is C17H24BrNS. The topological polar surface area (TPSA) is 26.0 Å². The molecule has 4 fully saturated rings. The predicted octanol–water partition coefficient (Wildman–Crippen LogP) is 4.99. The largest absolute Gasteiger partial charge is 0.327 e. The molecule has 5 rings (SSSR count). The first kappa shape index (κ1) is 13.8. The molecule has 1 nitrogen and oxygen atoms in total. The Morgan fingerprint density at radius 1 is 1.20 bits per heavy atom. The van der Waals surface area contributed by atoms with Crippen molar-refractivity contribution in [3.05, 3.63) is 20.8 Å². The van der Waals surface area contributed by atoms with E-state index in [1.165, 1.54) is 54.3 Å². The molecule has 0 radical (unpaired) electrons. The van der Waals surface area contributed by atoms with Gasteiger partial charge in [0.25, 0.3) is 0 Å². The number of nitrogens with two attached hydrogens (primary N) is 1. The van der Waals surface area contributed by atoms with E-state index in [1.54, 1.807) is 0 Å². The number of hydrogen-bond donors (Lipinski definition) is 1. The number of halogens is 1. The average Bonchev–Trinajstić information content (AvgIpc) is 2.72. The summed E-state index contributed by atoms with van der Waals surface area (Å²) in [5, 5.41) is 2.16. The van der Waals surface area contributed by atoms with Gasteiger partial charge in [0.05, 0.1) is 0 Å². The minimum Gasteiger partial charge on any atom is -0.327 e. The van der Waals surface area contributed by atoms with Crippen LogP contribution in [0.15, 0.2) is 15.9 Å². The molecule has 4 saturated carbocycles. The summed E-state index contributed by atoms with van der Waals surface area (Å²) in [6, 6.07) is 2.50. The zero-order valence-corrected chi connectivity index (χ0v) is 14.4. The van der Waals surface area contributed by atoms with E-state index in [2.05, 4.69) is 27.4 Å². The number of hydrogen-bond acceptors (Lipinski definition) is 2. The van der Waals surface area contributed by atoms with E-state index in [-0.39, 0.29) is 0 Å². The molecule has 1 heterocycles. The molecule has 4 bridgehead atoms. The molecule has 110 valence electrons. The van der Waals surface area contributed by atoms with Crippen LogP contribution in [0.2, 0.25) is 0 Å². The summed E-state index contributed by atoms with van der Waals surface area (Å²) in [4.78, 5) is 1.43. The highest BCUT2D eigenvalue weighted by Crippen LogP contribution is 2.61. The van der Waals surface area contributed by atoms with Crippen molar-refractivity contribution in [2.24, 2.45) is 28.9 Å². The zero-order valence-electron chi connectivity index (χ0n) is 12.0. The highest BCUT2D eigenvalue weighted by molar-refractivity contribution is 9.10. The SMILES string of the molecule is NC(Cc1sccc1Br)CC12CC3CC(CC(C3)C1)C2. The van der Waals surface area contributed by atoms with E-state index in [4.69, 9.17) is 5.73 Å². The quantitative estimate of drug-likeness (QED) is 0.810. The Hall–Kier alpha value is 0.140. The van der Waals surface area contributed by atoms with Crippen LogP contribution in [0.1, 0.15) is 49.8 Å². The minimum atomic E-state index is 0.348. The first-order chi connectivity index (χ1) is 9.62. The third-order valence-corrected chi connectivity index (χ3v) is 7.95. The fourth-order valence-corrected chi connectivity index (χ4v) is 7.49. The minimum absolute atomic E-state index is 0.348.